The molecule has 0 aliphatic heterocycles. The number of anilines is 1. The summed E-state index contributed by atoms with van der Waals surface area (Å²) in [4.78, 5) is 24.3. The molecule has 2 N–H and O–H groups in total. The molecule has 144 valence electrons. The lowest BCUT2D eigenvalue weighted by Gasteiger charge is -2.12. The van der Waals surface area contributed by atoms with Crippen LogP contribution in [0.1, 0.15) is 35.7 Å². The lowest BCUT2D eigenvalue weighted by molar-refractivity contribution is -0.115. The number of amides is 2. The van der Waals surface area contributed by atoms with E-state index in [2.05, 4.69) is 17.6 Å². The summed E-state index contributed by atoms with van der Waals surface area (Å²) in [5, 5.41) is 5.98. The number of nitrogens with one attached hydrogen (secondary N) is 2. The van der Waals surface area contributed by atoms with E-state index in [4.69, 9.17) is 27.9 Å². The number of benzene rings is 2. The Morgan fingerprint density at radius 1 is 1.11 bits per heavy atom. The van der Waals surface area contributed by atoms with Gasteiger partial charge >= 0.3 is 0 Å². The minimum Gasteiger partial charge on any atom is -0.494 e. The van der Waals surface area contributed by atoms with Gasteiger partial charge in [-0.05, 0) is 55.3 Å². The van der Waals surface area contributed by atoms with E-state index in [1.165, 1.54) is 12.1 Å². The number of unbranched alkanes of at least 4 members (excludes halogenated alkanes) is 1. The monoisotopic (exact) mass is 408 g/mol. The van der Waals surface area contributed by atoms with Crippen molar-refractivity contribution in [3.05, 3.63) is 57.6 Å². The summed E-state index contributed by atoms with van der Waals surface area (Å²) in [5.74, 6) is -0.0102. The molecule has 2 rings (SSSR count). The van der Waals surface area contributed by atoms with Crippen molar-refractivity contribution in [1.82, 2.24) is 5.32 Å². The van der Waals surface area contributed by atoms with Crippen LogP contribution in [0.2, 0.25) is 10.0 Å². The van der Waals surface area contributed by atoms with Gasteiger partial charge in [-0.25, -0.2) is 0 Å². The highest BCUT2D eigenvalue weighted by atomic mass is 35.5. The number of halogens is 2. The lowest BCUT2D eigenvalue weighted by Crippen LogP contribution is -2.33. The summed E-state index contributed by atoms with van der Waals surface area (Å²) in [7, 11) is 0. The molecule has 0 fully saturated rings. The van der Waals surface area contributed by atoms with E-state index in [9.17, 15) is 9.59 Å². The summed E-state index contributed by atoms with van der Waals surface area (Å²) >= 11 is 11.8. The molecule has 5 nitrogen and oxygen atoms in total. The van der Waals surface area contributed by atoms with Gasteiger partial charge in [-0.3, -0.25) is 9.59 Å². The van der Waals surface area contributed by atoms with E-state index in [0.29, 0.717) is 17.3 Å². The molecule has 0 bridgehead atoms. The van der Waals surface area contributed by atoms with Gasteiger partial charge in [-0.15, -0.1) is 0 Å². The molecule has 0 radical (unpaired) electrons. The number of ether oxygens (including phenoxy) is 1. The highest BCUT2D eigenvalue weighted by Crippen LogP contribution is 2.22. The molecule has 0 saturated heterocycles. The summed E-state index contributed by atoms with van der Waals surface area (Å²) in [6, 6.07) is 10.0. The van der Waals surface area contributed by atoms with Gasteiger partial charge in [0, 0.05) is 10.7 Å². The van der Waals surface area contributed by atoms with Crippen molar-refractivity contribution in [2.24, 2.45) is 0 Å². The number of rotatable bonds is 8. The molecule has 0 aromatic heterocycles. The Morgan fingerprint density at radius 2 is 1.89 bits per heavy atom. The third-order valence-electron chi connectivity index (χ3n) is 3.82. The molecule has 0 heterocycles. The lowest BCUT2D eigenvalue weighted by atomic mass is 10.2. The normalized spacial score (nSPS) is 10.4. The zero-order chi connectivity index (χ0) is 19.8. The van der Waals surface area contributed by atoms with Gasteiger partial charge in [0.15, 0.2) is 0 Å². The zero-order valence-electron chi connectivity index (χ0n) is 15.3. The minimum absolute atomic E-state index is 0.175. The number of carbonyl (C=O) groups is 2. The van der Waals surface area contributed by atoms with Gasteiger partial charge in [-0.1, -0.05) is 36.5 Å². The van der Waals surface area contributed by atoms with Crippen LogP contribution >= 0.6 is 23.2 Å². The topological polar surface area (TPSA) is 67.4 Å². The van der Waals surface area contributed by atoms with Gasteiger partial charge in [0.2, 0.25) is 5.91 Å². The van der Waals surface area contributed by atoms with E-state index >= 15 is 0 Å². The van der Waals surface area contributed by atoms with Crippen LogP contribution in [0.15, 0.2) is 36.4 Å². The van der Waals surface area contributed by atoms with Crippen molar-refractivity contribution in [3.8, 4) is 5.75 Å². The molecule has 2 aromatic carbocycles. The Morgan fingerprint density at radius 3 is 2.56 bits per heavy atom. The Labute approximate surface area is 169 Å². The van der Waals surface area contributed by atoms with E-state index in [-0.39, 0.29) is 23.0 Å². The highest BCUT2D eigenvalue weighted by Gasteiger charge is 2.13. The van der Waals surface area contributed by atoms with Crippen LogP contribution in [-0.4, -0.2) is 25.0 Å². The standard InChI is InChI=1S/C20H22Cl2N2O3/c1-3-4-9-27-15-6-8-18(13(2)10-15)24-19(25)12-23-20(26)16-7-5-14(21)11-17(16)22/h5-8,10-11H,3-4,9,12H2,1-2H3,(H,23,26)(H,24,25). The number of aryl methyl sites for hydroxylation is 1. The maximum Gasteiger partial charge on any atom is 0.253 e. The highest BCUT2D eigenvalue weighted by molar-refractivity contribution is 6.36. The van der Waals surface area contributed by atoms with E-state index in [1.54, 1.807) is 12.1 Å². The van der Waals surface area contributed by atoms with Crippen LogP contribution in [0.4, 0.5) is 5.69 Å². The molecule has 2 amide bonds. The molecule has 0 aliphatic carbocycles. The molecule has 0 unspecified atom stereocenters. The van der Waals surface area contributed by atoms with Gasteiger partial charge in [0.25, 0.3) is 5.91 Å². The third-order valence-corrected chi connectivity index (χ3v) is 4.37. The van der Waals surface area contributed by atoms with Crippen molar-refractivity contribution in [2.75, 3.05) is 18.5 Å². The Balaban J connectivity index is 1.89. The molecule has 7 heteroatoms. The summed E-state index contributed by atoms with van der Waals surface area (Å²) in [6.07, 6.45) is 2.06. The van der Waals surface area contributed by atoms with E-state index in [1.807, 2.05) is 19.1 Å². The zero-order valence-corrected chi connectivity index (χ0v) is 16.8. The molecular formula is C20H22Cl2N2O3. The van der Waals surface area contributed by atoms with Crippen LogP contribution < -0.4 is 15.4 Å². The van der Waals surface area contributed by atoms with E-state index < -0.39 is 5.91 Å². The fourth-order valence-electron chi connectivity index (χ4n) is 2.32. The Kier molecular flexibility index (Phi) is 7.95. The van der Waals surface area contributed by atoms with Crippen molar-refractivity contribution in [1.29, 1.82) is 0 Å². The van der Waals surface area contributed by atoms with Crippen molar-refractivity contribution in [3.63, 3.8) is 0 Å². The van der Waals surface area contributed by atoms with Gasteiger partial charge in [0.05, 0.1) is 23.7 Å². The fraction of sp³-hybridized carbons (Fsp3) is 0.300. The first-order chi connectivity index (χ1) is 12.9. The second-order valence-electron chi connectivity index (χ2n) is 6.03. The third kappa shape index (κ3) is 6.45. The Hall–Kier alpha value is -2.24. The molecule has 0 saturated carbocycles. The van der Waals surface area contributed by atoms with Crippen LogP contribution in [-0.2, 0) is 4.79 Å². The SMILES string of the molecule is CCCCOc1ccc(NC(=O)CNC(=O)c2ccc(Cl)cc2Cl)c(C)c1. The fourth-order valence-corrected chi connectivity index (χ4v) is 2.82. The molecule has 27 heavy (non-hydrogen) atoms. The number of carbonyl (C=O) groups excluding carboxylic acids is 2. The molecule has 0 spiro atoms. The van der Waals surface area contributed by atoms with Crippen LogP contribution in [0.3, 0.4) is 0 Å². The van der Waals surface area contributed by atoms with Crippen molar-refractivity contribution < 1.29 is 14.3 Å². The second kappa shape index (κ2) is 10.2. The van der Waals surface area contributed by atoms with Gasteiger partial charge < -0.3 is 15.4 Å². The van der Waals surface area contributed by atoms with Gasteiger partial charge in [0.1, 0.15) is 5.75 Å². The van der Waals surface area contributed by atoms with Crippen molar-refractivity contribution in [2.45, 2.75) is 26.7 Å². The average molecular weight is 409 g/mol. The summed E-state index contributed by atoms with van der Waals surface area (Å²) in [6.45, 7) is 4.48. The number of hydrogen-bond acceptors (Lipinski definition) is 3. The Bertz CT molecular complexity index is 825. The maximum atomic E-state index is 12.1. The summed E-state index contributed by atoms with van der Waals surface area (Å²) < 4.78 is 5.64. The molecular weight excluding hydrogens is 387 g/mol. The first-order valence-electron chi connectivity index (χ1n) is 8.67. The maximum absolute atomic E-state index is 12.1. The predicted octanol–water partition coefficient (Wildman–Crippen LogP) is 4.85. The van der Waals surface area contributed by atoms with Crippen LogP contribution in [0, 0.1) is 6.92 Å². The second-order valence-corrected chi connectivity index (χ2v) is 6.88. The quantitative estimate of drug-likeness (QED) is 0.613. The molecule has 0 atom stereocenters. The summed E-state index contributed by atoms with van der Waals surface area (Å²) in [5.41, 5.74) is 1.81. The first kappa shape index (κ1) is 21.1. The van der Waals surface area contributed by atoms with Crippen molar-refractivity contribution >= 4 is 40.7 Å². The number of hydrogen-bond donors (Lipinski definition) is 2. The predicted molar refractivity (Wildman–Crippen MR) is 109 cm³/mol. The first-order valence-corrected chi connectivity index (χ1v) is 9.43. The van der Waals surface area contributed by atoms with Crippen LogP contribution in [0.5, 0.6) is 5.75 Å². The molecule has 2 aromatic rings. The largest absolute Gasteiger partial charge is 0.494 e. The smallest absolute Gasteiger partial charge is 0.253 e. The average Bonchev–Trinajstić information content (AvgIpc) is 2.62. The van der Waals surface area contributed by atoms with Crippen LogP contribution in [0.25, 0.3) is 0 Å². The van der Waals surface area contributed by atoms with E-state index in [0.717, 1.165) is 24.2 Å². The van der Waals surface area contributed by atoms with Gasteiger partial charge in [-0.2, -0.15) is 0 Å². The minimum atomic E-state index is -0.441. The molecule has 0 aliphatic rings.